The van der Waals surface area contributed by atoms with E-state index in [4.69, 9.17) is 4.98 Å². The van der Waals surface area contributed by atoms with Crippen molar-refractivity contribution in [3.8, 4) is 28.6 Å². The van der Waals surface area contributed by atoms with Gasteiger partial charge in [0.15, 0.2) is 0 Å². The number of aryl methyl sites for hydroxylation is 1. The quantitative estimate of drug-likeness (QED) is 0.361. The van der Waals surface area contributed by atoms with E-state index in [0.29, 0.717) is 22.6 Å². The molecule has 1 aromatic heterocycles. The van der Waals surface area contributed by atoms with E-state index in [9.17, 15) is 5.26 Å². The summed E-state index contributed by atoms with van der Waals surface area (Å²) in [6.45, 7) is 2.03. The highest BCUT2D eigenvalue weighted by Gasteiger charge is 2.15. The Hall–Kier alpha value is -4.10. The van der Waals surface area contributed by atoms with Gasteiger partial charge in [0, 0.05) is 11.1 Å². The largest absolute Gasteiger partial charge is 0.244 e. The molecular formula is C25H18N4. The highest BCUT2D eigenvalue weighted by atomic mass is 15.1. The number of rotatable bonds is 4. The van der Waals surface area contributed by atoms with Crippen LogP contribution in [-0.2, 0) is 0 Å². The maximum atomic E-state index is 9.72. The molecule has 0 amide bonds. The van der Waals surface area contributed by atoms with Crippen LogP contribution in [0.3, 0.4) is 0 Å². The second kappa shape index (κ2) is 8.28. The molecule has 0 saturated heterocycles. The van der Waals surface area contributed by atoms with E-state index in [0.717, 1.165) is 22.4 Å². The van der Waals surface area contributed by atoms with Gasteiger partial charge in [0.1, 0.15) is 11.8 Å². The van der Waals surface area contributed by atoms with Gasteiger partial charge in [-0.25, -0.2) is 4.98 Å². The van der Waals surface area contributed by atoms with Crippen LogP contribution in [0.5, 0.6) is 0 Å². The van der Waals surface area contributed by atoms with Gasteiger partial charge in [-0.3, -0.25) is 0 Å². The molecule has 0 radical (unpaired) electrons. The van der Waals surface area contributed by atoms with Crippen molar-refractivity contribution in [3.05, 3.63) is 102 Å². The molecule has 4 aromatic rings. The SMILES string of the molecule is Cc1ccc(N=Nc2cc(C#N)c(-c3ccccc3)nc2-c2ccccc2)cc1. The molecular weight excluding hydrogens is 356 g/mol. The van der Waals surface area contributed by atoms with Gasteiger partial charge in [0.25, 0.3) is 0 Å². The maximum absolute atomic E-state index is 9.72. The molecule has 138 valence electrons. The molecule has 4 rings (SSSR count). The Morgan fingerprint density at radius 1 is 0.724 bits per heavy atom. The Kier molecular flexibility index (Phi) is 5.22. The summed E-state index contributed by atoms with van der Waals surface area (Å²) >= 11 is 0. The lowest BCUT2D eigenvalue weighted by atomic mass is 10.0. The third-order valence-corrected chi connectivity index (χ3v) is 4.52. The first kappa shape index (κ1) is 18.3. The molecule has 0 saturated carbocycles. The minimum absolute atomic E-state index is 0.466. The normalized spacial score (nSPS) is 10.8. The molecule has 0 fully saturated rings. The highest BCUT2D eigenvalue weighted by molar-refractivity contribution is 5.79. The van der Waals surface area contributed by atoms with E-state index in [2.05, 4.69) is 16.3 Å². The summed E-state index contributed by atoms with van der Waals surface area (Å²) in [6.07, 6.45) is 0. The van der Waals surface area contributed by atoms with E-state index in [-0.39, 0.29) is 0 Å². The molecule has 0 aliphatic heterocycles. The van der Waals surface area contributed by atoms with Crippen LogP contribution in [0.25, 0.3) is 22.5 Å². The molecule has 0 unspecified atom stereocenters. The molecule has 4 nitrogen and oxygen atoms in total. The van der Waals surface area contributed by atoms with Crippen LogP contribution >= 0.6 is 0 Å². The lowest BCUT2D eigenvalue weighted by molar-refractivity contribution is 1.19. The number of hydrogen-bond acceptors (Lipinski definition) is 4. The third kappa shape index (κ3) is 4.10. The third-order valence-electron chi connectivity index (χ3n) is 4.52. The molecule has 0 aliphatic carbocycles. The number of benzene rings is 3. The minimum atomic E-state index is 0.466. The first-order chi connectivity index (χ1) is 14.2. The number of hydrogen-bond donors (Lipinski definition) is 0. The zero-order valence-corrected chi connectivity index (χ0v) is 15.9. The number of nitrogens with zero attached hydrogens (tertiary/aromatic N) is 4. The lowest BCUT2D eigenvalue weighted by Gasteiger charge is -2.10. The molecule has 0 atom stereocenters. The summed E-state index contributed by atoms with van der Waals surface area (Å²) in [5, 5.41) is 18.5. The van der Waals surface area contributed by atoms with E-state index in [1.165, 1.54) is 0 Å². The van der Waals surface area contributed by atoms with Gasteiger partial charge in [-0.05, 0) is 25.1 Å². The molecule has 3 aromatic carbocycles. The van der Waals surface area contributed by atoms with Gasteiger partial charge < -0.3 is 0 Å². The van der Waals surface area contributed by atoms with Gasteiger partial charge in [0.2, 0.25) is 0 Å². The van der Waals surface area contributed by atoms with Crippen molar-refractivity contribution in [2.45, 2.75) is 6.92 Å². The van der Waals surface area contributed by atoms with E-state index >= 15 is 0 Å². The van der Waals surface area contributed by atoms with Crippen LogP contribution in [0.4, 0.5) is 11.4 Å². The molecule has 1 heterocycles. The summed E-state index contributed by atoms with van der Waals surface area (Å²) in [4.78, 5) is 4.83. The monoisotopic (exact) mass is 374 g/mol. The summed E-state index contributed by atoms with van der Waals surface area (Å²) in [7, 11) is 0. The number of aromatic nitrogens is 1. The smallest absolute Gasteiger partial charge is 0.113 e. The Bertz CT molecular complexity index is 1190. The van der Waals surface area contributed by atoms with Gasteiger partial charge in [-0.15, -0.1) is 5.11 Å². The standard InChI is InChI=1S/C25H18N4/c1-18-12-14-22(15-13-18)28-29-23-16-21(17-26)24(19-8-4-2-5-9-19)27-25(23)20-10-6-3-7-11-20/h2-16H,1H3. The zero-order valence-electron chi connectivity index (χ0n) is 15.9. The molecule has 0 spiro atoms. The summed E-state index contributed by atoms with van der Waals surface area (Å²) < 4.78 is 0. The minimum Gasteiger partial charge on any atom is -0.244 e. The van der Waals surface area contributed by atoms with Crippen molar-refractivity contribution in [2.75, 3.05) is 0 Å². The van der Waals surface area contributed by atoms with E-state index < -0.39 is 0 Å². The topological polar surface area (TPSA) is 61.4 Å². The van der Waals surface area contributed by atoms with Gasteiger partial charge in [-0.1, -0.05) is 78.4 Å². The predicted octanol–water partition coefficient (Wildman–Crippen LogP) is 7.01. The van der Waals surface area contributed by atoms with Crippen molar-refractivity contribution >= 4 is 11.4 Å². The van der Waals surface area contributed by atoms with Crippen LogP contribution in [-0.4, -0.2) is 4.98 Å². The Morgan fingerprint density at radius 2 is 1.31 bits per heavy atom. The number of azo groups is 1. The van der Waals surface area contributed by atoms with Crippen LogP contribution in [0.1, 0.15) is 11.1 Å². The maximum Gasteiger partial charge on any atom is 0.113 e. The first-order valence-corrected chi connectivity index (χ1v) is 9.29. The predicted molar refractivity (Wildman–Crippen MR) is 115 cm³/mol. The van der Waals surface area contributed by atoms with Gasteiger partial charge >= 0.3 is 0 Å². The molecule has 4 heteroatoms. The van der Waals surface area contributed by atoms with Crippen LogP contribution in [0, 0.1) is 18.3 Å². The van der Waals surface area contributed by atoms with Crippen molar-refractivity contribution in [3.63, 3.8) is 0 Å². The van der Waals surface area contributed by atoms with Crippen molar-refractivity contribution < 1.29 is 0 Å². The Labute approximate surface area is 169 Å². The fourth-order valence-corrected chi connectivity index (χ4v) is 3.01. The molecule has 29 heavy (non-hydrogen) atoms. The summed E-state index contributed by atoms with van der Waals surface area (Å²) in [5.74, 6) is 0. The second-order valence-corrected chi connectivity index (χ2v) is 6.63. The summed E-state index contributed by atoms with van der Waals surface area (Å²) in [5.41, 5.74) is 6.09. The zero-order chi connectivity index (χ0) is 20.1. The first-order valence-electron chi connectivity index (χ1n) is 9.29. The van der Waals surface area contributed by atoms with Gasteiger partial charge in [-0.2, -0.15) is 10.4 Å². The average Bonchev–Trinajstić information content (AvgIpc) is 2.79. The average molecular weight is 374 g/mol. The fraction of sp³-hybridized carbons (Fsp3) is 0.0400. The van der Waals surface area contributed by atoms with Crippen LogP contribution in [0.2, 0.25) is 0 Å². The molecule has 0 aliphatic rings. The van der Waals surface area contributed by atoms with E-state index in [1.807, 2.05) is 91.9 Å². The Morgan fingerprint density at radius 3 is 1.90 bits per heavy atom. The number of pyridine rings is 1. The number of nitriles is 1. The highest BCUT2D eigenvalue weighted by Crippen LogP contribution is 2.34. The van der Waals surface area contributed by atoms with E-state index in [1.54, 1.807) is 6.07 Å². The fourth-order valence-electron chi connectivity index (χ4n) is 3.01. The summed E-state index contributed by atoms with van der Waals surface area (Å²) in [6, 6.07) is 31.4. The second-order valence-electron chi connectivity index (χ2n) is 6.63. The Balaban J connectivity index is 1.87. The lowest BCUT2D eigenvalue weighted by Crippen LogP contribution is -1.93. The van der Waals surface area contributed by atoms with Crippen LogP contribution in [0.15, 0.2) is 101 Å². The molecule has 0 N–H and O–H groups in total. The van der Waals surface area contributed by atoms with Gasteiger partial charge in [0.05, 0.1) is 22.6 Å². The molecule has 0 bridgehead atoms. The van der Waals surface area contributed by atoms with Crippen molar-refractivity contribution in [1.29, 1.82) is 5.26 Å². The van der Waals surface area contributed by atoms with Crippen LogP contribution < -0.4 is 0 Å². The van der Waals surface area contributed by atoms with Crippen molar-refractivity contribution in [1.82, 2.24) is 4.98 Å². The van der Waals surface area contributed by atoms with Crippen molar-refractivity contribution in [2.24, 2.45) is 10.2 Å².